The number of ketones is 1. The Morgan fingerprint density at radius 3 is 2.68 bits per heavy atom. The number of thiophene rings is 1. The maximum atomic E-state index is 12.4. The summed E-state index contributed by atoms with van der Waals surface area (Å²) in [6.45, 7) is 0.593. The van der Waals surface area contributed by atoms with E-state index in [9.17, 15) is 9.59 Å². The van der Waals surface area contributed by atoms with E-state index in [1.165, 1.54) is 17.4 Å². The first-order valence-electron chi connectivity index (χ1n) is 8.73. The predicted molar refractivity (Wildman–Crippen MR) is 108 cm³/mol. The normalized spacial score (nSPS) is 12.3. The van der Waals surface area contributed by atoms with E-state index in [0.29, 0.717) is 28.5 Å². The highest BCUT2D eigenvalue weighted by molar-refractivity contribution is 7.14. The van der Waals surface area contributed by atoms with Crippen molar-refractivity contribution in [3.8, 4) is 11.5 Å². The van der Waals surface area contributed by atoms with Crippen molar-refractivity contribution in [3.63, 3.8) is 0 Å². The van der Waals surface area contributed by atoms with Crippen LogP contribution >= 0.6 is 11.3 Å². The third-order valence-corrected chi connectivity index (χ3v) is 5.27. The lowest BCUT2D eigenvalue weighted by molar-refractivity contribution is -0.116. The minimum absolute atomic E-state index is 0.00844. The highest BCUT2D eigenvalue weighted by Gasteiger charge is 2.13. The van der Waals surface area contributed by atoms with Crippen molar-refractivity contribution in [1.82, 2.24) is 5.32 Å². The number of fused-ring (bicyclic) bond motifs is 1. The number of hydrogen-bond donors (Lipinski definition) is 1. The van der Waals surface area contributed by atoms with Crippen molar-refractivity contribution < 1.29 is 19.1 Å². The molecule has 0 saturated heterocycles. The van der Waals surface area contributed by atoms with E-state index in [0.717, 1.165) is 10.4 Å². The van der Waals surface area contributed by atoms with Crippen LogP contribution in [-0.2, 0) is 11.3 Å². The third-order valence-electron chi connectivity index (χ3n) is 4.18. The minimum Gasteiger partial charge on any atom is -0.454 e. The van der Waals surface area contributed by atoms with E-state index in [1.54, 1.807) is 24.3 Å². The molecule has 0 radical (unpaired) electrons. The van der Waals surface area contributed by atoms with Gasteiger partial charge in [-0.15, -0.1) is 11.3 Å². The molecule has 140 valence electrons. The van der Waals surface area contributed by atoms with E-state index >= 15 is 0 Å². The first-order valence-corrected chi connectivity index (χ1v) is 9.55. The quantitative estimate of drug-likeness (QED) is 0.509. The maximum Gasteiger partial charge on any atom is 0.244 e. The summed E-state index contributed by atoms with van der Waals surface area (Å²) in [4.78, 5) is 26.1. The molecule has 1 aliphatic heterocycles. The number of carbonyl (C=O) groups excluding carboxylic acids is 2. The van der Waals surface area contributed by atoms with Crippen LogP contribution in [0.5, 0.6) is 11.5 Å². The summed E-state index contributed by atoms with van der Waals surface area (Å²) >= 11 is 1.39. The highest BCUT2D eigenvalue weighted by Crippen LogP contribution is 2.32. The molecule has 1 amide bonds. The summed E-state index contributed by atoms with van der Waals surface area (Å²) in [6, 6.07) is 18.3. The fourth-order valence-electron chi connectivity index (χ4n) is 2.75. The Hall–Kier alpha value is -3.38. The average Bonchev–Trinajstić information content (AvgIpc) is 3.39. The van der Waals surface area contributed by atoms with Gasteiger partial charge in [0.15, 0.2) is 11.5 Å². The summed E-state index contributed by atoms with van der Waals surface area (Å²) in [6.07, 6.45) is 3.19. The summed E-state index contributed by atoms with van der Waals surface area (Å²) in [5.41, 5.74) is 1.51. The van der Waals surface area contributed by atoms with Crippen LogP contribution in [0.2, 0.25) is 0 Å². The number of benzene rings is 2. The van der Waals surface area contributed by atoms with E-state index < -0.39 is 0 Å². The lowest BCUT2D eigenvalue weighted by atomic mass is 10.1. The smallest absolute Gasteiger partial charge is 0.244 e. The molecule has 28 heavy (non-hydrogen) atoms. The van der Waals surface area contributed by atoms with Gasteiger partial charge in [0.2, 0.25) is 18.5 Å². The molecular weight excluding hydrogens is 374 g/mol. The molecule has 0 aliphatic carbocycles. The van der Waals surface area contributed by atoms with Crippen molar-refractivity contribution in [2.24, 2.45) is 0 Å². The molecule has 0 bridgehead atoms. The Balaban J connectivity index is 1.33. The van der Waals surface area contributed by atoms with E-state index in [1.807, 2.05) is 42.5 Å². The molecule has 4 rings (SSSR count). The van der Waals surface area contributed by atoms with Gasteiger partial charge in [-0.1, -0.05) is 36.4 Å². The molecule has 1 aromatic heterocycles. The first kappa shape index (κ1) is 18.0. The molecule has 0 saturated carbocycles. The Bertz CT molecular complexity index is 1040. The van der Waals surface area contributed by atoms with Crippen LogP contribution in [0.3, 0.4) is 0 Å². The van der Waals surface area contributed by atoms with Gasteiger partial charge < -0.3 is 14.8 Å². The van der Waals surface area contributed by atoms with Gasteiger partial charge in [0, 0.05) is 16.5 Å². The lowest BCUT2D eigenvalue weighted by Crippen LogP contribution is -2.19. The number of carbonyl (C=O) groups is 2. The topological polar surface area (TPSA) is 64.6 Å². The fourth-order valence-corrected chi connectivity index (χ4v) is 3.66. The standard InChI is InChI=1S/C22H17NO4S/c24-21(11-7-15-6-9-18-19(12-15)27-14-26-18)23-13-17-8-10-20(28-17)22(25)16-4-2-1-3-5-16/h1-12H,13-14H2,(H,23,24)/b11-7+. The molecule has 2 aromatic carbocycles. The van der Waals surface area contributed by atoms with Crippen molar-refractivity contribution in [2.45, 2.75) is 6.54 Å². The zero-order valence-corrected chi connectivity index (χ0v) is 15.7. The van der Waals surface area contributed by atoms with Crippen LogP contribution in [0.25, 0.3) is 6.08 Å². The summed E-state index contributed by atoms with van der Waals surface area (Å²) in [5, 5.41) is 2.83. The Kier molecular flexibility index (Phi) is 5.21. The Morgan fingerprint density at radius 2 is 1.82 bits per heavy atom. The maximum absolute atomic E-state index is 12.4. The van der Waals surface area contributed by atoms with E-state index in [2.05, 4.69) is 5.32 Å². The number of rotatable bonds is 6. The van der Waals surface area contributed by atoms with Gasteiger partial charge in [0.1, 0.15) is 0 Å². The molecular formula is C22H17NO4S. The molecule has 1 aliphatic rings. The largest absolute Gasteiger partial charge is 0.454 e. The van der Waals surface area contributed by atoms with Gasteiger partial charge in [0.05, 0.1) is 11.4 Å². The zero-order valence-electron chi connectivity index (χ0n) is 14.9. The number of amides is 1. The zero-order chi connectivity index (χ0) is 19.3. The molecule has 0 fully saturated rings. The van der Waals surface area contributed by atoms with Crippen LogP contribution in [0.1, 0.15) is 25.7 Å². The lowest BCUT2D eigenvalue weighted by Gasteiger charge is -2.00. The van der Waals surface area contributed by atoms with Crippen LogP contribution in [0.4, 0.5) is 0 Å². The Labute approximate surface area is 166 Å². The van der Waals surface area contributed by atoms with E-state index in [-0.39, 0.29) is 18.5 Å². The van der Waals surface area contributed by atoms with E-state index in [4.69, 9.17) is 9.47 Å². The second-order valence-electron chi connectivity index (χ2n) is 6.12. The Morgan fingerprint density at radius 1 is 1.00 bits per heavy atom. The molecule has 0 atom stereocenters. The van der Waals surface area contributed by atoms with Crippen molar-refractivity contribution in [2.75, 3.05) is 6.79 Å². The van der Waals surface area contributed by atoms with Gasteiger partial charge in [-0.05, 0) is 35.9 Å². The van der Waals surface area contributed by atoms with Crippen LogP contribution in [0, 0.1) is 0 Å². The summed E-state index contributed by atoms with van der Waals surface area (Å²) < 4.78 is 10.6. The predicted octanol–water partition coefficient (Wildman–Crippen LogP) is 4.04. The first-order chi connectivity index (χ1) is 13.7. The van der Waals surface area contributed by atoms with Gasteiger partial charge in [-0.3, -0.25) is 9.59 Å². The molecule has 1 N–H and O–H groups in total. The molecule has 0 unspecified atom stereocenters. The number of ether oxygens (including phenoxy) is 2. The fraction of sp³-hybridized carbons (Fsp3) is 0.0909. The second kappa shape index (κ2) is 8.10. The molecule has 0 spiro atoms. The monoisotopic (exact) mass is 391 g/mol. The van der Waals surface area contributed by atoms with Gasteiger partial charge >= 0.3 is 0 Å². The molecule has 6 heteroatoms. The summed E-state index contributed by atoms with van der Waals surface area (Å²) in [5.74, 6) is 1.17. The third kappa shape index (κ3) is 4.13. The second-order valence-corrected chi connectivity index (χ2v) is 7.29. The van der Waals surface area contributed by atoms with Crippen LogP contribution in [0.15, 0.2) is 66.7 Å². The van der Waals surface area contributed by atoms with Crippen LogP contribution in [-0.4, -0.2) is 18.5 Å². The van der Waals surface area contributed by atoms with Gasteiger partial charge in [-0.2, -0.15) is 0 Å². The van der Waals surface area contributed by atoms with Crippen molar-refractivity contribution >= 4 is 29.1 Å². The molecule has 5 nitrogen and oxygen atoms in total. The van der Waals surface area contributed by atoms with Gasteiger partial charge in [-0.25, -0.2) is 0 Å². The SMILES string of the molecule is O=C(/C=C/c1ccc2c(c1)OCO2)NCc1ccc(C(=O)c2ccccc2)s1. The highest BCUT2D eigenvalue weighted by atomic mass is 32.1. The average molecular weight is 391 g/mol. The molecule has 2 heterocycles. The van der Waals surface area contributed by atoms with Crippen LogP contribution < -0.4 is 14.8 Å². The van der Waals surface area contributed by atoms with Crippen molar-refractivity contribution in [1.29, 1.82) is 0 Å². The number of nitrogens with one attached hydrogen (secondary N) is 1. The summed E-state index contributed by atoms with van der Waals surface area (Å²) in [7, 11) is 0. The minimum atomic E-state index is -0.206. The van der Waals surface area contributed by atoms with Crippen molar-refractivity contribution in [3.05, 3.63) is 87.6 Å². The van der Waals surface area contributed by atoms with Gasteiger partial charge in [0.25, 0.3) is 0 Å². The molecule has 3 aromatic rings. The number of hydrogen-bond acceptors (Lipinski definition) is 5.